The molecular weight excluding hydrogens is 330 g/mol. The van der Waals surface area contributed by atoms with E-state index in [1.165, 1.54) is 0 Å². The number of anilines is 1. The Morgan fingerprint density at radius 3 is 2.95 bits per heavy atom. The fraction of sp³-hybridized carbons (Fsp3) is 0.231. The number of aromatic nitrogens is 2. The lowest BCUT2D eigenvalue weighted by Gasteiger charge is -2.07. The van der Waals surface area contributed by atoms with Gasteiger partial charge in [-0.2, -0.15) is 5.10 Å². The van der Waals surface area contributed by atoms with Gasteiger partial charge in [-0.1, -0.05) is 18.5 Å². The zero-order valence-electron chi connectivity index (χ0n) is 10.6. The van der Waals surface area contributed by atoms with Crippen molar-refractivity contribution in [2.45, 2.75) is 13.3 Å². The molecule has 2 aromatic rings. The Morgan fingerprint density at radius 1 is 1.53 bits per heavy atom. The van der Waals surface area contributed by atoms with Crippen LogP contribution in [0.15, 0.2) is 28.9 Å². The van der Waals surface area contributed by atoms with E-state index in [4.69, 9.17) is 11.6 Å². The number of benzene rings is 1. The van der Waals surface area contributed by atoms with Gasteiger partial charge in [-0.15, -0.1) is 0 Å². The van der Waals surface area contributed by atoms with Crippen LogP contribution in [0.4, 0.5) is 5.69 Å². The highest BCUT2D eigenvalue weighted by atomic mass is 79.9. The third-order valence-electron chi connectivity index (χ3n) is 2.66. The van der Waals surface area contributed by atoms with E-state index in [1.54, 1.807) is 36.1 Å². The summed E-state index contributed by atoms with van der Waals surface area (Å²) in [5, 5.41) is 7.65. The molecule has 0 aliphatic heterocycles. The number of carbonyl (C=O) groups is 1. The molecule has 1 N–H and O–H groups in total. The first-order valence-corrected chi connectivity index (χ1v) is 6.97. The lowest BCUT2D eigenvalue weighted by molar-refractivity contribution is 0.102. The Kier molecular flexibility index (Phi) is 4.27. The summed E-state index contributed by atoms with van der Waals surface area (Å²) in [7, 11) is 1.80. The van der Waals surface area contributed by atoms with Crippen molar-refractivity contribution in [2.75, 3.05) is 5.32 Å². The van der Waals surface area contributed by atoms with Crippen molar-refractivity contribution in [1.29, 1.82) is 0 Å². The number of rotatable bonds is 3. The molecule has 6 heteroatoms. The van der Waals surface area contributed by atoms with Crippen LogP contribution in [0, 0.1) is 0 Å². The first-order valence-electron chi connectivity index (χ1n) is 5.80. The predicted molar refractivity (Wildman–Crippen MR) is 79.7 cm³/mol. The number of carbonyl (C=O) groups excluding carboxylic acids is 1. The van der Waals surface area contributed by atoms with E-state index in [0.29, 0.717) is 22.7 Å². The topological polar surface area (TPSA) is 46.9 Å². The van der Waals surface area contributed by atoms with Gasteiger partial charge in [0.1, 0.15) is 0 Å². The molecule has 0 saturated carbocycles. The van der Waals surface area contributed by atoms with E-state index in [2.05, 4.69) is 26.3 Å². The maximum atomic E-state index is 12.2. The number of nitrogens with one attached hydrogen (secondary N) is 1. The quantitative estimate of drug-likeness (QED) is 0.925. The summed E-state index contributed by atoms with van der Waals surface area (Å²) in [5.41, 5.74) is 2.00. The Labute approximate surface area is 124 Å². The number of nitrogens with zero attached hydrogens (tertiary/aromatic N) is 2. The van der Waals surface area contributed by atoms with Crippen LogP contribution in [0.25, 0.3) is 0 Å². The average Bonchev–Trinajstić information content (AvgIpc) is 2.75. The molecule has 100 valence electrons. The fourth-order valence-electron chi connectivity index (χ4n) is 1.77. The summed E-state index contributed by atoms with van der Waals surface area (Å²) in [6.07, 6.45) is 2.42. The number of halogens is 2. The summed E-state index contributed by atoms with van der Waals surface area (Å²) in [6.45, 7) is 1.97. The lowest BCUT2D eigenvalue weighted by atomic mass is 10.2. The highest BCUT2D eigenvalue weighted by Crippen LogP contribution is 2.26. The second kappa shape index (κ2) is 5.75. The average molecular weight is 343 g/mol. The SMILES string of the molecule is CCc1nn(C)cc1C(=O)Nc1cc(Cl)ccc1Br. The third-order valence-corrected chi connectivity index (χ3v) is 3.59. The molecule has 19 heavy (non-hydrogen) atoms. The molecule has 4 nitrogen and oxygen atoms in total. The van der Waals surface area contributed by atoms with Crippen LogP contribution in [0.5, 0.6) is 0 Å². The maximum Gasteiger partial charge on any atom is 0.259 e. The van der Waals surface area contributed by atoms with Crippen LogP contribution in [0.3, 0.4) is 0 Å². The molecule has 0 radical (unpaired) electrons. The van der Waals surface area contributed by atoms with Gasteiger partial charge in [-0.25, -0.2) is 0 Å². The van der Waals surface area contributed by atoms with Crippen molar-refractivity contribution in [3.63, 3.8) is 0 Å². The summed E-state index contributed by atoms with van der Waals surface area (Å²) < 4.78 is 2.42. The van der Waals surface area contributed by atoms with Gasteiger partial charge in [0, 0.05) is 22.7 Å². The van der Waals surface area contributed by atoms with Crippen LogP contribution in [0.1, 0.15) is 23.0 Å². The van der Waals surface area contributed by atoms with Gasteiger partial charge in [0.15, 0.2) is 0 Å². The molecular formula is C13H13BrClN3O. The molecule has 0 spiro atoms. The van der Waals surface area contributed by atoms with Crippen LogP contribution < -0.4 is 5.32 Å². The molecule has 1 aromatic carbocycles. The van der Waals surface area contributed by atoms with Crippen molar-refractivity contribution in [1.82, 2.24) is 9.78 Å². The van der Waals surface area contributed by atoms with Gasteiger partial charge < -0.3 is 5.32 Å². The minimum absolute atomic E-state index is 0.187. The van der Waals surface area contributed by atoms with Gasteiger partial charge in [0.25, 0.3) is 5.91 Å². The van der Waals surface area contributed by atoms with Crippen LogP contribution in [-0.2, 0) is 13.5 Å². The number of hydrogen-bond donors (Lipinski definition) is 1. The standard InChI is InChI=1S/C13H13BrClN3O/c1-3-11-9(7-18(2)17-11)13(19)16-12-6-8(15)4-5-10(12)14/h4-7H,3H2,1-2H3,(H,16,19). The smallest absolute Gasteiger partial charge is 0.259 e. The number of hydrogen-bond acceptors (Lipinski definition) is 2. The van der Waals surface area contributed by atoms with Gasteiger partial charge in [-0.3, -0.25) is 9.48 Å². The van der Waals surface area contributed by atoms with E-state index in [1.807, 2.05) is 6.92 Å². The number of amides is 1. The Balaban J connectivity index is 2.27. The summed E-state index contributed by atoms with van der Waals surface area (Å²) in [4.78, 5) is 12.2. The highest BCUT2D eigenvalue weighted by molar-refractivity contribution is 9.10. The minimum Gasteiger partial charge on any atom is -0.321 e. The van der Waals surface area contributed by atoms with Crippen LogP contribution in [0.2, 0.25) is 5.02 Å². The van der Waals surface area contributed by atoms with E-state index < -0.39 is 0 Å². The Bertz CT molecular complexity index is 624. The van der Waals surface area contributed by atoms with E-state index >= 15 is 0 Å². The second-order valence-corrected chi connectivity index (χ2v) is 5.39. The van der Waals surface area contributed by atoms with Gasteiger partial charge in [0.05, 0.1) is 16.9 Å². The third kappa shape index (κ3) is 3.16. The molecule has 0 aliphatic carbocycles. The highest BCUT2D eigenvalue weighted by Gasteiger charge is 2.15. The summed E-state index contributed by atoms with van der Waals surface area (Å²) >= 11 is 9.30. The maximum absolute atomic E-state index is 12.2. The molecule has 2 rings (SSSR count). The van der Waals surface area contributed by atoms with E-state index in [-0.39, 0.29) is 5.91 Å². The first kappa shape index (κ1) is 14.1. The van der Waals surface area contributed by atoms with Gasteiger partial charge in [0.2, 0.25) is 0 Å². The molecule has 1 heterocycles. The van der Waals surface area contributed by atoms with Crippen molar-refractivity contribution in [3.05, 3.63) is 45.1 Å². The van der Waals surface area contributed by atoms with Crippen molar-refractivity contribution < 1.29 is 4.79 Å². The Morgan fingerprint density at radius 2 is 2.26 bits per heavy atom. The molecule has 0 atom stereocenters. The Hall–Kier alpha value is -1.33. The van der Waals surface area contributed by atoms with E-state index in [9.17, 15) is 4.79 Å². The minimum atomic E-state index is -0.187. The van der Waals surface area contributed by atoms with Crippen LogP contribution in [-0.4, -0.2) is 15.7 Å². The number of aryl methyl sites for hydroxylation is 2. The zero-order valence-corrected chi connectivity index (χ0v) is 12.9. The molecule has 0 fully saturated rings. The normalized spacial score (nSPS) is 10.5. The van der Waals surface area contributed by atoms with Crippen molar-refractivity contribution in [3.8, 4) is 0 Å². The second-order valence-electron chi connectivity index (χ2n) is 4.09. The van der Waals surface area contributed by atoms with Crippen molar-refractivity contribution in [2.24, 2.45) is 7.05 Å². The van der Waals surface area contributed by atoms with Crippen LogP contribution >= 0.6 is 27.5 Å². The van der Waals surface area contributed by atoms with Gasteiger partial charge >= 0.3 is 0 Å². The molecule has 0 unspecified atom stereocenters. The largest absolute Gasteiger partial charge is 0.321 e. The predicted octanol–water partition coefficient (Wildman–Crippen LogP) is 3.65. The lowest BCUT2D eigenvalue weighted by Crippen LogP contribution is -2.13. The monoisotopic (exact) mass is 341 g/mol. The van der Waals surface area contributed by atoms with E-state index in [0.717, 1.165) is 10.2 Å². The summed E-state index contributed by atoms with van der Waals surface area (Å²) in [5.74, 6) is -0.187. The molecule has 0 saturated heterocycles. The molecule has 1 aromatic heterocycles. The van der Waals surface area contributed by atoms with Gasteiger partial charge in [-0.05, 0) is 40.5 Å². The molecule has 0 bridgehead atoms. The summed E-state index contributed by atoms with van der Waals surface area (Å²) in [6, 6.07) is 5.25. The molecule has 1 amide bonds. The fourth-order valence-corrected chi connectivity index (χ4v) is 2.29. The zero-order chi connectivity index (χ0) is 14.0. The van der Waals surface area contributed by atoms with Crippen molar-refractivity contribution >= 4 is 39.1 Å². The first-order chi connectivity index (χ1) is 9.01. The molecule has 0 aliphatic rings.